The lowest BCUT2D eigenvalue weighted by atomic mass is 10.1. The molecule has 0 saturated heterocycles. The molecule has 0 atom stereocenters. The van der Waals surface area contributed by atoms with Gasteiger partial charge in [-0.1, -0.05) is 16.1 Å². The van der Waals surface area contributed by atoms with Crippen LogP contribution >= 0.6 is 11.6 Å². The molecule has 0 heterocycles. The Kier molecular flexibility index (Phi) is 6.98. The summed E-state index contributed by atoms with van der Waals surface area (Å²) in [6.45, 7) is 0. The van der Waals surface area contributed by atoms with Gasteiger partial charge in [-0.25, -0.2) is 13.2 Å². The van der Waals surface area contributed by atoms with Crippen molar-refractivity contribution in [1.29, 1.82) is 0 Å². The second-order valence-electron chi connectivity index (χ2n) is 4.22. The van der Waals surface area contributed by atoms with Crippen molar-refractivity contribution < 1.29 is 27.4 Å². The maximum atomic E-state index is 11.6. The van der Waals surface area contributed by atoms with Gasteiger partial charge in [-0.05, 0) is 12.2 Å². The second kappa shape index (κ2) is 8.49. The number of rotatable bonds is 6. The molecule has 0 amide bonds. The highest BCUT2D eigenvalue weighted by atomic mass is 35.5. The van der Waals surface area contributed by atoms with Crippen LogP contribution in [0.5, 0.6) is 0 Å². The van der Waals surface area contributed by atoms with E-state index in [9.17, 15) is 13.2 Å². The highest BCUT2D eigenvalue weighted by Gasteiger charge is 2.19. The van der Waals surface area contributed by atoms with Crippen molar-refractivity contribution in [1.82, 2.24) is 0 Å². The van der Waals surface area contributed by atoms with Gasteiger partial charge in [0.25, 0.3) is 10.0 Å². The van der Waals surface area contributed by atoms with Crippen LogP contribution in [0.4, 0.5) is 0 Å². The Hall–Kier alpha value is -2.13. The Morgan fingerprint density at radius 1 is 1.35 bits per heavy atom. The average Bonchev–Trinajstić information content (AvgIpc) is 2.47. The van der Waals surface area contributed by atoms with Crippen LogP contribution in [0.1, 0.15) is 6.42 Å². The molecule has 0 aliphatic heterocycles. The highest BCUT2D eigenvalue weighted by molar-refractivity contribution is 7.89. The normalized spacial score (nSPS) is 17.7. The van der Waals surface area contributed by atoms with Gasteiger partial charge in [-0.3, -0.25) is 0 Å². The number of hydrogen-bond donors (Lipinski definition) is 0. The zero-order chi connectivity index (χ0) is 17.5. The standard InChI is InChI=1S/C13H15ClN2O6S/c1-20-8-12(13(17)21-2)22-11-5-4-10(14)6-9(11)7-15-16-23(3,18)19/h4-5,7-8H,6H2,1-3H3. The molecule has 10 heteroatoms. The quantitative estimate of drug-likeness (QED) is 0.311. The van der Waals surface area contributed by atoms with Crippen molar-refractivity contribution in [3.8, 4) is 0 Å². The molecule has 126 valence electrons. The largest absolute Gasteiger partial charge is 0.500 e. The van der Waals surface area contributed by atoms with Gasteiger partial charge in [0.05, 0.1) is 26.7 Å². The van der Waals surface area contributed by atoms with E-state index in [4.69, 9.17) is 21.1 Å². The molecule has 0 fully saturated rings. The number of allylic oxidation sites excluding steroid dienone is 4. The molecule has 0 aromatic heterocycles. The van der Waals surface area contributed by atoms with Crippen molar-refractivity contribution >= 4 is 27.6 Å². The fourth-order valence-corrected chi connectivity index (χ4v) is 1.85. The van der Waals surface area contributed by atoms with Gasteiger partial charge < -0.3 is 14.2 Å². The summed E-state index contributed by atoms with van der Waals surface area (Å²) in [4.78, 5) is 11.6. The summed E-state index contributed by atoms with van der Waals surface area (Å²) in [7, 11) is -1.07. The maximum Gasteiger partial charge on any atom is 0.377 e. The number of hydrogen-bond acceptors (Lipinski definition) is 7. The van der Waals surface area contributed by atoms with Gasteiger partial charge in [0, 0.05) is 17.0 Å². The molecule has 0 aromatic carbocycles. The topological polar surface area (TPSA) is 104 Å². The average molecular weight is 363 g/mol. The summed E-state index contributed by atoms with van der Waals surface area (Å²) in [5.74, 6) is -0.709. The molecule has 1 aliphatic carbocycles. The lowest BCUT2D eigenvalue weighted by molar-refractivity contribution is -0.139. The summed E-state index contributed by atoms with van der Waals surface area (Å²) in [5, 5.41) is 3.95. The van der Waals surface area contributed by atoms with E-state index < -0.39 is 16.0 Å². The van der Waals surface area contributed by atoms with E-state index in [2.05, 4.69) is 14.4 Å². The monoisotopic (exact) mass is 362 g/mol. The van der Waals surface area contributed by atoms with Crippen LogP contribution in [0.15, 0.2) is 56.4 Å². The smallest absolute Gasteiger partial charge is 0.377 e. The molecule has 0 spiro atoms. The van der Waals surface area contributed by atoms with Gasteiger partial charge in [0.1, 0.15) is 12.0 Å². The first-order valence-electron chi connectivity index (χ1n) is 6.14. The van der Waals surface area contributed by atoms with Gasteiger partial charge in [0.15, 0.2) is 0 Å². The number of methoxy groups -OCH3 is 2. The third kappa shape index (κ3) is 6.66. The van der Waals surface area contributed by atoms with E-state index >= 15 is 0 Å². The van der Waals surface area contributed by atoms with Gasteiger partial charge in [-0.15, -0.1) is 5.11 Å². The van der Waals surface area contributed by atoms with Crippen molar-refractivity contribution in [3.05, 3.63) is 46.7 Å². The Morgan fingerprint density at radius 2 is 2.04 bits per heavy atom. The third-order valence-corrected chi connectivity index (χ3v) is 2.98. The summed E-state index contributed by atoms with van der Waals surface area (Å²) in [6.07, 6.45) is 6.47. The van der Waals surface area contributed by atoms with E-state index in [-0.39, 0.29) is 17.9 Å². The minimum absolute atomic E-state index is 0.196. The van der Waals surface area contributed by atoms with Crippen LogP contribution < -0.4 is 0 Å². The van der Waals surface area contributed by atoms with Crippen molar-refractivity contribution in [3.63, 3.8) is 0 Å². The lowest BCUT2D eigenvalue weighted by Crippen LogP contribution is -2.10. The molecule has 8 nitrogen and oxygen atoms in total. The summed E-state index contributed by atoms with van der Waals surface area (Å²) >= 11 is 5.93. The number of carbonyl (C=O) groups is 1. The van der Waals surface area contributed by atoms with E-state index in [0.29, 0.717) is 10.6 Å². The van der Waals surface area contributed by atoms with E-state index in [0.717, 1.165) is 12.5 Å². The maximum absolute atomic E-state index is 11.6. The SMILES string of the molecule is COC=C(OC1=CC=C(Cl)CC1=CN=NS(C)(=O)=O)C(=O)OC. The molecule has 0 unspecified atom stereocenters. The van der Waals surface area contributed by atoms with Crippen molar-refractivity contribution in [2.24, 2.45) is 9.63 Å². The summed E-state index contributed by atoms with van der Waals surface area (Å²) < 4.78 is 39.8. The molecule has 23 heavy (non-hydrogen) atoms. The molecule has 1 rings (SSSR count). The van der Waals surface area contributed by atoms with Gasteiger partial charge >= 0.3 is 5.97 Å². The third-order valence-electron chi connectivity index (χ3n) is 2.33. The van der Waals surface area contributed by atoms with Crippen molar-refractivity contribution in [2.45, 2.75) is 6.42 Å². The number of halogens is 1. The summed E-state index contributed by atoms with van der Waals surface area (Å²) in [5.41, 5.74) is 0.427. The predicted octanol–water partition coefficient (Wildman–Crippen LogP) is 2.37. The van der Waals surface area contributed by atoms with Crippen molar-refractivity contribution in [2.75, 3.05) is 20.5 Å². The van der Waals surface area contributed by atoms with E-state index in [1.807, 2.05) is 0 Å². The first kappa shape index (κ1) is 18.9. The van der Waals surface area contributed by atoms with E-state index in [1.165, 1.54) is 26.5 Å². The second-order valence-corrected chi connectivity index (χ2v) is 6.33. The Morgan fingerprint density at radius 3 is 2.61 bits per heavy atom. The molecule has 0 aromatic rings. The zero-order valence-electron chi connectivity index (χ0n) is 12.6. The number of nitrogens with zero attached hydrogens (tertiary/aromatic N) is 2. The molecular weight excluding hydrogens is 348 g/mol. The number of carbonyl (C=O) groups excluding carboxylic acids is 1. The van der Waals surface area contributed by atoms with Gasteiger partial charge in [0.2, 0.25) is 5.76 Å². The molecule has 0 saturated carbocycles. The molecule has 0 N–H and O–H groups in total. The van der Waals surface area contributed by atoms with Crippen LogP contribution in [0.25, 0.3) is 0 Å². The fourth-order valence-electron chi connectivity index (χ4n) is 1.43. The lowest BCUT2D eigenvalue weighted by Gasteiger charge is -2.16. The Labute approximate surface area is 138 Å². The fraction of sp³-hybridized carbons (Fsp3) is 0.308. The minimum Gasteiger partial charge on any atom is -0.500 e. The van der Waals surface area contributed by atoms with Crippen LogP contribution in [0.2, 0.25) is 0 Å². The van der Waals surface area contributed by atoms with Crippen LogP contribution in [-0.4, -0.2) is 34.9 Å². The van der Waals surface area contributed by atoms with Crippen LogP contribution in [0, 0.1) is 0 Å². The van der Waals surface area contributed by atoms with Gasteiger partial charge in [-0.2, -0.15) is 0 Å². The highest BCUT2D eigenvalue weighted by Crippen LogP contribution is 2.29. The molecule has 0 bridgehead atoms. The number of sulfonamides is 1. The zero-order valence-corrected chi connectivity index (χ0v) is 14.2. The van der Waals surface area contributed by atoms with Crippen LogP contribution in [0.3, 0.4) is 0 Å². The first-order chi connectivity index (χ1) is 10.8. The minimum atomic E-state index is -3.60. The predicted molar refractivity (Wildman–Crippen MR) is 82.6 cm³/mol. The number of esters is 1. The number of ether oxygens (including phenoxy) is 3. The van der Waals surface area contributed by atoms with E-state index in [1.54, 1.807) is 6.08 Å². The first-order valence-corrected chi connectivity index (χ1v) is 8.36. The Balaban J connectivity index is 3.08. The molecular formula is C13H15ClN2O6S. The van der Waals surface area contributed by atoms with Crippen LogP contribution in [-0.2, 0) is 29.0 Å². The molecule has 0 radical (unpaired) electrons. The Bertz CT molecular complexity index is 719. The summed E-state index contributed by atoms with van der Waals surface area (Å²) in [6, 6.07) is 0. The molecule has 1 aliphatic rings.